The summed E-state index contributed by atoms with van der Waals surface area (Å²) in [7, 11) is 0. The number of carboxylic acid groups (broad SMARTS) is 1. The van der Waals surface area contributed by atoms with E-state index in [9.17, 15) is 9.59 Å². The number of hydrogen-bond acceptors (Lipinski definition) is 4. The summed E-state index contributed by atoms with van der Waals surface area (Å²) < 4.78 is 0. The van der Waals surface area contributed by atoms with Crippen LogP contribution in [-0.4, -0.2) is 44.9 Å². The number of carbonyl (C=O) groups excluding carboxylic acids is 1. The third-order valence-corrected chi connectivity index (χ3v) is 4.78. The lowest BCUT2D eigenvalue weighted by Gasteiger charge is -2.25. The van der Waals surface area contributed by atoms with Crippen LogP contribution in [0.2, 0.25) is 0 Å². The minimum atomic E-state index is -0.948. The minimum absolute atomic E-state index is 0.119. The second-order valence-corrected chi connectivity index (χ2v) is 8.12. The zero-order valence-corrected chi connectivity index (χ0v) is 16.2. The second-order valence-electron chi connectivity index (χ2n) is 8.12. The number of hydrogen-bond donors (Lipinski definition) is 1. The van der Waals surface area contributed by atoms with Crippen molar-refractivity contribution in [2.45, 2.75) is 40.0 Å². The largest absolute Gasteiger partial charge is 0.478 e. The van der Waals surface area contributed by atoms with Crippen molar-refractivity contribution in [2.24, 2.45) is 5.41 Å². The number of rotatable bonds is 3. The molecule has 1 aliphatic heterocycles. The molecule has 142 valence electrons. The third-order valence-electron chi connectivity index (χ3n) is 4.78. The van der Waals surface area contributed by atoms with E-state index in [1.807, 2.05) is 38.7 Å². The van der Waals surface area contributed by atoms with Gasteiger partial charge in [-0.3, -0.25) is 4.79 Å². The Kier molecular flexibility index (Phi) is 5.00. The van der Waals surface area contributed by atoms with Crippen LogP contribution in [0.1, 0.15) is 55.0 Å². The number of amides is 1. The number of carbonyl (C=O) groups is 2. The molecule has 0 bridgehead atoms. The van der Waals surface area contributed by atoms with Crippen LogP contribution >= 0.6 is 0 Å². The van der Waals surface area contributed by atoms with Crippen LogP contribution in [0.25, 0.3) is 11.3 Å². The molecule has 1 fully saturated rings. The Morgan fingerprint density at radius 2 is 1.81 bits per heavy atom. The van der Waals surface area contributed by atoms with Crippen molar-refractivity contribution in [1.29, 1.82) is 0 Å². The van der Waals surface area contributed by atoms with Gasteiger partial charge in [0.1, 0.15) is 5.82 Å². The summed E-state index contributed by atoms with van der Waals surface area (Å²) in [6, 6.07) is 8.58. The zero-order valence-electron chi connectivity index (χ0n) is 16.2. The van der Waals surface area contributed by atoms with E-state index >= 15 is 0 Å². The lowest BCUT2D eigenvalue weighted by atomic mass is 9.95. The van der Waals surface area contributed by atoms with Crippen LogP contribution in [-0.2, 0) is 4.79 Å². The van der Waals surface area contributed by atoms with Gasteiger partial charge in [0.25, 0.3) is 0 Å². The fourth-order valence-electron chi connectivity index (χ4n) is 3.34. The van der Waals surface area contributed by atoms with Gasteiger partial charge in [0.05, 0.1) is 11.3 Å². The van der Waals surface area contributed by atoms with Crippen molar-refractivity contribution in [1.82, 2.24) is 14.9 Å². The first-order valence-corrected chi connectivity index (χ1v) is 9.14. The lowest BCUT2D eigenvalue weighted by Crippen LogP contribution is -2.37. The molecule has 6 heteroatoms. The summed E-state index contributed by atoms with van der Waals surface area (Å²) >= 11 is 0. The first-order chi connectivity index (χ1) is 12.6. The molecule has 1 atom stereocenters. The molecule has 1 aromatic carbocycles. The highest BCUT2D eigenvalue weighted by Crippen LogP contribution is 2.30. The van der Waals surface area contributed by atoms with Crippen molar-refractivity contribution in [3.63, 3.8) is 0 Å². The molecule has 0 spiro atoms. The molecule has 1 aromatic heterocycles. The van der Waals surface area contributed by atoms with E-state index in [4.69, 9.17) is 10.1 Å². The number of aromatic nitrogens is 2. The normalized spacial score (nSPS) is 17.2. The van der Waals surface area contributed by atoms with Crippen molar-refractivity contribution in [3.8, 4) is 11.3 Å². The number of likely N-dealkylation sites (tertiary alicyclic amines) is 1. The fourth-order valence-corrected chi connectivity index (χ4v) is 3.34. The Morgan fingerprint density at radius 3 is 2.41 bits per heavy atom. The summed E-state index contributed by atoms with van der Waals surface area (Å²) in [5, 5.41) is 9.05. The van der Waals surface area contributed by atoms with Crippen LogP contribution in [0.3, 0.4) is 0 Å². The summed E-state index contributed by atoms with van der Waals surface area (Å²) in [5.74, 6) is 0.0718. The molecule has 27 heavy (non-hydrogen) atoms. The Hall–Kier alpha value is -2.76. The maximum atomic E-state index is 12.5. The lowest BCUT2D eigenvalue weighted by molar-refractivity contribution is -0.138. The number of nitrogens with zero attached hydrogens (tertiary/aromatic N) is 3. The number of aromatic carboxylic acids is 1. The predicted octanol–water partition coefficient (Wildman–Crippen LogP) is 3.51. The Bertz CT molecular complexity index is 869. The molecule has 0 saturated carbocycles. The van der Waals surface area contributed by atoms with Crippen LogP contribution in [0.4, 0.5) is 0 Å². The van der Waals surface area contributed by atoms with Gasteiger partial charge < -0.3 is 10.0 Å². The summed E-state index contributed by atoms with van der Waals surface area (Å²) in [6.45, 7) is 9.09. The van der Waals surface area contributed by atoms with Gasteiger partial charge in [-0.05, 0) is 31.5 Å². The average Bonchev–Trinajstić information content (AvgIpc) is 3.09. The van der Waals surface area contributed by atoms with Crippen LogP contribution < -0.4 is 0 Å². The molecule has 0 unspecified atom stereocenters. The van der Waals surface area contributed by atoms with Gasteiger partial charge >= 0.3 is 5.97 Å². The van der Waals surface area contributed by atoms with E-state index < -0.39 is 5.97 Å². The highest BCUT2D eigenvalue weighted by atomic mass is 16.4. The SMILES string of the molecule is Cc1cc(-c2ccc(C(=O)O)cc2)nc([C@@H]2CCN(C(=O)C(C)(C)C)C2)n1. The van der Waals surface area contributed by atoms with Crippen LogP contribution in [0.5, 0.6) is 0 Å². The highest BCUT2D eigenvalue weighted by molar-refractivity contribution is 5.88. The average molecular weight is 367 g/mol. The van der Waals surface area contributed by atoms with Crippen molar-refractivity contribution < 1.29 is 14.7 Å². The molecule has 0 radical (unpaired) electrons. The quantitative estimate of drug-likeness (QED) is 0.897. The van der Waals surface area contributed by atoms with Gasteiger partial charge in [0.2, 0.25) is 5.91 Å². The van der Waals surface area contributed by atoms with E-state index in [0.717, 1.165) is 35.7 Å². The molecule has 1 N–H and O–H groups in total. The van der Waals surface area contributed by atoms with E-state index in [1.165, 1.54) is 0 Å². The molecule has 1 saturated heterocycles. The third kappa shape index (κ3) is 4.15. The number of aryl methyl sites for hydroxylation is 1. The fraction of sp³-hybridized carbons (Fsp3) is 0.429. The molecule has 1 aliphatic rings. The van der Waals surface area contributed by atoms with Gasteiger partial charge in [0.15, 0.2) is 0 Å². The van der Waals surface area contributed by atoms with Crippen molar-refractivity contribution in [2.75, 3.05) is 13.1 Å². The van der Waals surface area contributed by atoms with E-state index in [0.29, 0.717) is 6.54 Å². The molecule has 2 aromatic rings. The zero-order chi connectivity index (χ0) is 19.8. The monoisotopic (exact) mass is 367 g/mol. The van der Waals surface area contributed by atoms with Gasteiger partial charge in [-0.15, -0.1) is 0 Å². The molecular weight excluding hydrogens is 342 g/mol. The van der Waals surface area contributed by atoms with Crippen molar-refractivity contribution in [3.05, 3.63) is 47.4 Å². The second kappa shape index (κ2) is 7.10. The van der Waals surface area contributed by atoms with Gasteiger partial charge in [-0.2, -0.15) is 0 Å². The molecule has 6 nitrogen and oxygen atoms in total. The standard InChI is InChI=1S/C21H25N3O3/c1-13-11-17(14-5-7-15(8-6-14)19(25)26)23-18(22-13)16-9-10-24(12-16)20(27)21(2,3)4/h5-8,11,16H,9-10,12H2,1-4H3,(H,25,26)/t16-/m1/s1. The number of carboxylic acids is 1. The van der Waals surface area contributed by atoms with Crippen molar-refractivity contribution >= 4 is 11.9 Å². The summed E-state index contributed by atoms with van der Waals surface area (Å²) in [4.78, 5) is 34.8. The van der Waals surface area contributed by atoms with Gasteiger partial charge in [0, 0.05) is 35.7 Å². The van der Waals surface area contributed by atoms with E-state index in [2.05, 4.69) is 4.98 Å². The van der Waals surface area contributed by atoms with Gasteiger partial charge in [-0.25, -0.2) is 14.8 Å². The molecule has 1 amide bonds. The van der Waals surface area contributed by atoms with Crippen LogP contribution in [0.15, 0.2) is 30.3 Å². The topological polar surface area (TPSA) is 83.4 Å². The maximum Gasteiger partial charge on any atom is 0.335 e. The first kappa shape index (κ1) is 19.0. The molecule has 3 rings (SSSR count). The first-order valence-electron chi connectivity index (χ1n) is 9.14. The Labute approximate surface area is 159 Å². The molecule has 0 aliphatic carbocycles. The van der Waals surface area contributed by atoms with Gasteiger partial charge in [-0.1, -0.05) is 32.9 Å². The highest BCUT2D eigenvalue weighted by Gasteiger charge is 2.34. The number of benzene rings is 1. The minimum Gasteiger partial charge on any atom is -0.478 e. The van der Waals surface area contributed by atoms with E-state index in [1.54, 1.807) is 24.3 Å². The predicted molar refractivity (Wildman–Crippen MR) is 103 cm³/mol. The van der Waals surface area contributed by atoms with Crippen LogP contribution in [0, 0.1) is 12.3 Å². The smallest absolute Gasteiger partial charge is 0.335 e. The Morgan fingerprint density at radius 1 is 1.15 bits per heavy atom. The Balaban J connectivity index is 1.84. The molecule has 2 heterocycles. The maximum absolute atomic E-state index is 12.5. The summed E-state index contributed by atoms with van der Waals surface area (Å²) in [6.07, 6.45) is 0.850. The molecular formula is C21H25N3O3. The van der Waals surface area contributed by atoms with E-state index in [-0.39, 0.29) is 22.8 Å². The summed E-state index contributed by atoms with van der Waals surface area (Å²) in [5.41, 5.74) is 2.34.